The fraction of sp³-hybridized carbons (Fsp3) is 0.500. The molecule has 3 nitrogen and oxygen atoms in total. The summed E-state index contributed by atoms with van der Waals surface area (Å²) in [5.41, 5.74) is 0.829. The number of hydrogen-bond donors (Lipinski definition) is 2. The van der Waals surface area contributed by atoms with Crippen molar-refractivity contribution in [1.29, 1.82) is 5.41 Å². The first-order chi connectivity index (χ1) is 7.20. The molecule has 1 amide bonds. The summed E-state index contributed by atoms with van der Waals surface area (Å²) in [5.74, 6) is -0.0808. The molecule has 0 saturated heterocycles. The van der Waals surface area contributed by atoms with Crippen LogP contribution in [0.1, 0.15) is 34.6 Å². The largest absolute Gasteiger partial charge is 0.352 e. The van der Waals surface area contributed by atoms with E-state index in [1.54, 1.807) is 12.2 Å². The second-order valence-electron chi connectivity index (χ2n) is 2.02. The molecular formula is C12H24N2O. The van der Waals surface area contributed by atoms with E-state index in [2.05, 4.69) is 11.9 Å². The molecule has 0 aromatic rings. The van der Waals surface area contributed by atoms with Crippen LogP contribution in [0.25, 0.3) is 0 Å². The Hall–Kier alpha value is -1.38. The molecule has 3 heteroatoms. The maximum atomic E-state index is 10.4. The number of carbonyl (C=O) groups is 1. The maximum absolute atomic E-state index is 10.4. The summed E-state index contributed by atoms with van der Waals surface area (Å²) < 4.78 is 0. The highest BCUT2D eigenvalue weighted by atomic mass is 16.1. The van der Waals surface area contributed by atoms with Gasteiger partial charge < -0.3 is 10.7 Å². The fourth-order valence-electron chi connectivity index (χ4n) is 0.533. The van der Waals surface area contributed by atoms with E-state index >= 15 is 0 Å². The summed E-state index contributed by atoms with van der Waals surface area (Å²) in [5, 5.41) is 9.36. The van der Waals surface area contributed by atoms with Crippen molar-refractivity contribution in [2.45, 2.75) is 34.6 Å². The SMILES string of the molecule is C=C/C(=C\C=N)CNC(C)=O.CC.CC. The lowest BCUT2D eigenvalue weighted by Gasteiger charge is -2.00. The lowest BCUT2D eigenvalue weighted by molar-refractivity contribution is -0.118. The monoisotopic (exact) mass is 212 g/mol. The van der Waals surface area contributed by atoms with Gasteiger partial charge in [0, 0.05) is 19.7 Å². The van der Waals surface area contributed by atoms with Crippen LogP contribution in [0.3, 0.4) is 0 Å². The quantitative estimate of drug-likeness (QED) is 0.546. The van der Waals surface area contributed by atoms with Gasteiger partial charge >= 0.3 is 0 Å². The lowest BCUT2D eigenvalue weighted by Crippen LogP contribution is -2.21. The summed E-state index contributed by atoms with van der Waals surface area (Å²) >= 11 is 0. The number of hydrogen-bond acceptors (Lipinski definition) is 2. The van der Waals surface area contributed by atoms with E-state index in [9.17, 15) is 4.79 Å². The Morgan fingerprint density at radius 1 is 1.33 bits per heavy atom. The number of amides is 1. The van der Waals surface area contributed by atoms with E-state index in [0.717, 1.165) is 5.57 Å². The van der Waals surface area contributed by atoms with E-state index < -0.39 is 0 Å². The van der Waals surface area contributed by atoms with Gasteiger partial charge in [-0.05, 0) is 11.6 Å². The minimum atomic E-state index is -0.0808. The maximum Gasteiger partial charge on any atom is 0.217 e. The Bertz CT molecular complexity index is 196. The topological polar surface area (TPSA) is 53.0 Å². The molecule has 0 bridgehead atoms. The first kappa shape index (κ1) is 19.2. The van der Waals surface area contributed by atoms with Crippen LogP contribution in [0, 0.1) is 5.41 Å². The average molecular weight is 212 g/mol. The first-order valence-electron chi connectivity index (χ1n) is 5.27. The molecule has 0 aliphatic heterocycles. The van der Waals surface area contributed by atoms with Gasteiger partial charge in [-0.3, -0.25) is 4.79 Å². The van der Waals surface area contributed by atoms with Crippen molar-refractivity contribution in [1.82, 2.24) is 5.32 Å². The van der Waals surface area contributed by atoms with Gasteiger partial charge in [-0.15, -0.1) is 0 Å². The molecular weight excluding hydrogens is 188 g/mol. The van der Waals surface area contributed by atoms with Crippen LogP contribution in [0.15, 0.2) is 24.3 Å². The van der Waals surface area contributed by atoms with Crippen molar-refractivity contribution in [3.05, 3.63) is 24.3 Å². The van der Waals surface area contributed by atoms with Crippen LogP contribution in [0.2, 0.25) is 0 Å². The molecule has 2 N–H and O–H groups in total. The minimum Gasteiger partial charge on any atom is -0.352 e. The Labute approximate surface area is 93.8 Å². The number of carbonyl (C=O) groups excluding carboxylic acids is 1. The molecule has 0 radical (unpaired) electrons. The Balaban J connectivity index is -0.000000318. The number of rotatable bonds is 4. The summed E-state index contributed by atoms with van der Waals surface area (Å²) in [6.07, 6.45) is 4.36. The summed E-state index contributed by atoms with van der Waals surface area (Å²) in [6.45, 7) is 13.4. The summed E-state index contributed by atoms with van der Waals surface area (Å²) in [4.78, 5) is 10.4. The highest BCUT2D eigenvalue weighted by Crippen LogP contribution is 1.90. The number of nitrogens with one attached hydrogen (secondary N) is 2. The molecule has 88 valence electrons. The zero-order valence-electron chi connectivity index (χ0n) is 10.6. The standard InChI is InChI=1S/C8H12N2O.2C2H6/c1-3-8(4-5-9)6-10-7(2)11;2*1-2/h3-5,9H,1,6H2,2H3,(H,10,11);2*1-2H3/b8-4+,9-5?;;. The third kappa shape index (κ3) is 19.2. The van der Waals surface area contributed by atoms with Crippen molar-refractivity contribution in [2.75, 3.05) is 6.54 Å². The molecule has 0 saturated carbocycles. The van der Waals surface area contributed by atoms with Gasteiger partial charge in [-0.2, -0.15) is 0 Å². The van der Waals surface area contributed by atoms with Crippen LogP contribution in [-0.2, 0) is 4.79 Å². The van der Waals surface area contributed by atoms with Crippen LogP contribution >= 0.6 is 0 Å². The normalized spacial score (nSPS) is 8.47. The van der Waals surface area contributed by atoms with Crippen LogP contribution < -0.4 is 5.32 Å². The van der Waals surface area contributed by atoms with Gasteiger partial charge in [0.25, 0.3) is 0 Å². The zero-order chi connectivity index (χ0) is 12.7. The van der Waals surface area contributed by atoms with E-state index in [0.29, 0.717) is 6.54 Å². The summed E-state index contributed by atoms with van der Waals surface area (Å²) in [7, 11) is 0. The predicted molar refractivity (Wildman–Crippen MR) is 68.4 cm³/mol. The summed E-state index contributed by atoms with van der Waals surface area (Å²) in [6, 6.07) is 0. The predicted octanol–water partition coefficient (Wildman–Crippen LogP) is 2.94. The molecule has 0 aromatic heterocycles. The first-order valence-corrected chi connectivity index (χ1v) is 5.27. The van der Waals surface area contributed by atoms with E-state index in [-0.39, 0.29) is 5.91 Å². The van der Waals surface area contributed by atoms with Crippen molar-refractivity contribution >= 4 is 12.1 Å². The lowest BCUT2D eigenvalue weighted by atomic mass is 10.2. The minimum absolute atomic E-state index is 0.0808. The smallest absolute Gasteiger partial charge is 0.217 e. The third-order valence-corrected chi connectivity index (χ3v) is 1.10. The zero-order valence-corrected chi connectivity index (χ0v) is 10.6. The molecule has 15 heavy (non-hydrogen) atoms. The van der Waals surface area contributed by atoms with Crippen LogP contribution in [-0.4, -0.2) is 18.7 Å². The van der Waals surface area contributed by atoms with Gasteiger partial charge in [0.1, 0.15) is 0 Å². The van der Waals surface area contributed by atoms with Gasteiger partial charge in [0.05, 0.1) is 0 Å². The average Bonchev–Trinajstić information content (AvgIpc) is 2.29. The van der Waals surface area contributed by atoms with E-state index in [4.69, 9.17) is 5.41 Å². The van der Waals surface area contributed by atoms with Crippen molar-refractivity contribution in [3.8, 4) is 0 Å². The Kier molecular flexibility index (Phi) is 23.6. The van der Waals surface area contributed by atoms with Crippen molar-refractivity contribution in [2.24, 2.45) is 0 Å². The van der Waals surface area contributed by atoms with E-state index in [1.807, 2.05) is 27.7 Å². The second kappa shape index (κ2) is 18.4. The highest BCUT2D eigenvalue weighted by Gasteiger charge is 1.91. The highest BCUT2D eigenvalue weighted by molar-refractivity contribution is 5.74. The molecule has 0 unspecified atom stereocenters. The molecule has 0 aromatic carbocycles. The van der Waals surface area contributed by atoms with E-state index in [1.165, 1.54) is 13.1 Å². The fourth-order valence-corrected chi connectivity index (χ4v) is 0.533. The van der Waals surface area contributed by atoms with Crippen LogP contribution in [0.4, 0.5) is 0 Å². The Morgan fingerprint density at radius 2 is 1.80 bits per heavy atom. The van der Waals surface area contributed by atoms with Crippen molar-refractivity contribution < 1.29 is 4.79 Å². The van der Waals surface area contributed by atoms with Gasteiger partial charge in [0.15, 0.2) is 0 Å². The molecule has 0 atom stereocenters. The van der Waals surface area contributed by atoms with Gasteiger partial charge in [-0.25, -0.2) is 0 Å². The van der Waals surface area contributed by atoms with Crippen LogP contribution in [0.5, 0.6) is 0 Å². The van der Waals surface area contributed by atoms with Gasteiger partial charge in [-0.1, -0.05) is 40.3 Å². The molecule has 0 spiro atoms. The second-order valence-corrected chi connectivity index (χ2v) is 2.02. The van der Waals surface area contributed by atoms with Gasteiger partial charge in [0.2, 0.25) is 5.91 Å². The number of allylic oxidation sites excluding steroid dienone is 1. The molecule has 0 fully saturated rings. The third-order valence-electron chi connectivity index (χ3n) is 1.10. The Morgan fingerprint density at radius 3 is 2.07 bits per heavy atom. The molecule has 0 heterocycles. The molecule has 0 rings (SSSR count). The molecule has 0 aliphatic carbocycles. The molecule has 0 aliphatic rings. The van der Waals surface area contributed by atoms with Crippen molar-refractivity contribution in [3.63, 3.8) is 0 Å².